The summed E-state index contributed by atoms with van der Waals surface area (Å²) in [7, 11) is 0. The molecule has 0 aromatic carbocycles. The van der Waals surface area contributed by atoms with E-state index in [0.29, 0.717) is 12.6 Å². The molecule has 0 spiro atoms. The predicted octanol–water partition coefficient (Wildman–Crippen LogP) is 0.808. The van der Waals surface area contributed by atoms with Crippen LogP contribution in [0.25, 0.3) is 0 Å². The third-order valence-electron chi connectivity index (χ3n) is 3.18. The topological polar surface area (TPSA) is 81.2 Å². The van der Waals surface area contributed by atoms with Crippen LogP contribution in [0.4, 0.5) is 0 Å². The van der Waals surface area contributed by atoms with Crippen LogP contribution in [0.2, 0.25) is 0 Å². The summed E-state index contributed by atoms with van der Waals surface area (Å²) in [5.74, 6) is 0.758. The third-order valence-corrected chi connectivity index (χ3v) is 3.18. The molecule has 0 bridgehead atoms. The van der Waals surface area contributed by atoms with Gasteiger partial charge in [0.2, 0.25) is 5.91 Å². The maximum Gasteiger partial charge on any atom is 0.220 e. The normalized spacial score (nSPS) is 25.5. The Morgan fingerprint density at radius 3 is 2.81 bits per heavy atom. The summed E-state index contributed by atoms with van der Waals surface area (Å²) in [6.07, 6.45) is 6.93. The van der Waals surface area contributed by atoms with E-state index in [0.717, 1.165) is 31.4 Å². The van der Waals surface area contributed by atoms with Gasteiger partial charge in [-0.05, 0) is 25.7 Å². The second kappa shape index (κ2) is 5.12. The first kappa shape index (κ1) is 11.1. The summed E-state index contributed by atoms with van der Waals surface area (Å²) in [4.78, 5) is 14.8. The fourth-order valence-electron chi connectivity index (χ4n) is 2.16. The van der Waals surface area contributed by atoms with Crippen LogP contribution >= 0.6 is 0 Å². The van der Waals surface area contributed by atoms with Gasteiger partial charge in [-0.15, -0.1) is 0 Å². The smallest absolute Gasteiger partial charge is 0.220 e. The van der Waals surface area contributed by atoms with Crippen molar-refractivity contribution in [3.8, 4) is 0 Å². The molecule has 16 heavy (non-hydrogen) atoms. The summed E-state index contributed by atoms with van der Waals surface area (Å²) >= 11 is 0. The molecule has 0 saturated heterocycles. The largest absolute Gasteiger partial charge is 0.447 e. The highest BCUT2D eigenvalue weighted by molar-refractivity contribution is 5.76. The molecule has 0 atom stereocenters. The average Bonchev–Trinajstić information content (AvgIpc) is 2.80. The third kappa shape index (κ3) is 2.82. The molecule has 1 aromatic heterocycles. The van der Waals surface area contributed by atoms with Crippen LogP contribution in [0.3, 0.4) is 0 Å². The van der Waals surface area contributed by atoms with Crippen LogP contribution in [0, 0.1) is 5.92 Å². The number of carbonyl (C=O) groups excluding carboxylic acids is 1. The Kier molecular flexibility index (Phi) is 3.56. The predicted molar refractivity (Wildman–Crippen MR) is 58.3 cm³/mol. The Labute approximate surface area is 94.4 Å². The maximum absolute atomic E-state index is 11.0. The Hall–Kier alpha value is -1.36. The lowest BCUT2D eigenvalue weighted by molar-refractivity contribution is -0.122. The van der Waals surface area contributed by atoms with E-state index in [1.165, 1.54) is 6.39 Å². The van der Waals surface area contributed by atoms with E-state index in [1.54, 1.807) is 6.20 Å². The first-order chi connectivity index (χ1) is 7.75. The van der Waals surface area contributed by atoms with E-state index in [-0.39, 0.29) is 11.8 Å². The van der Waals surface area contributed by atoms with Crippen molar-refractivity contribution in [2.24, 2.45) is 11.7 Å². The fraction of sp³-hybridized carbons (Fsp3) is 0.636. The van der Waals surface area contributed by atoms with Crippen LogP contribution in [-0.2, 0) is 11.3 Å². The maximum atomic E-state index is 11.0. The standard InChI is InChI=1S/C11H17N3O2/c12-11(15)8-1-3-9(4-2-8)14-6-10-5-13-7-16-10/h5,7-9,14H,1-4,6H2,(H2,12,15). The molecule has 1 aliphatic rings. The molecule has 0 unspecified atom stereocenters. The van der Waals surface area contributed by atoms with Crippen LogP contribution in [0.15, 0.2) is 17.0 Å². The summed E-state index contributed by atoms with van der Waals surface area (Å²) in [5, 5.41) is 3.40. The number of nitrogens with two attached hydrogens (primary N) is 1. The van der Waals surface area contributed by atoms with Crippen molar-refractivity contribution in [2.45, 2.75) is 38.3 Å². The Morgan fingerprint density at radius 2 is 2.25 bits per heavy atom. The highest BCUT2D eigenvalue weighted by Gasteiger charge is 2.24. The average molecular weight is 223 g/mol. The molecule has 1 fully saturated rings. The fourth-order valence-corrected chi connectivity index (χ4v) is 2.16. The van der Waals surface area contributed by atoms with E-state index in [9.17, 15) is 4.79 Å². The first-order valence-electron chi connectivity index (χ1n) is 5.66. The van der Waals surface area contributed by atoms with Gasteiger partial charge in [0.1, 0.15) is 5.76 Å². The molecule has 1 aliphatic carbocycles. The van der Waals surface area contributed by atoms with Gasteiger partial charge < -0.3 is 15.5 Å². The molecule has 3 N–H and O–H groups in total. The van der Waals surface area contributed by atoms with Gasteiger partial charge in [0, 0.05) is 12.0 Å². The quantitative estimate of drug-likeness (QED) is 0.791. The first-order valence-corrected chi connectivity index (χ1v) is 5.66. The van der Waals surface area contributed by atoms with Crippen LogP contribution in [0.1, 0.15) is 31.4 Å². The molecule has 88 valence electrons. The molecule has 0 radical (unpaired) electrons. The van der Waals surface area contributed by atoms with Gasteiger partial charge in [-0.1, -0.05) is 0 Å². The SMILES string of the molecule is NC(=O)C1CCC(NCc2cnco2)CC1. The van der Waals surface area contributed by atoms with Gasteiger partial charge in [0.25, 0.3) is 0 Å². The van der Waals surface area contributed by atoms with Gasteiger partial charge in [0.15, 0.2) is 6.39 Å². The van der Waals surface area contributed by atoms with E-state index in [2.05, 4.69) is 10.3 Å². The number of nitrogens with zero attached hydrogens (tertiary/aromatic N) is 1. The molecule has 2 rings (SSSR count). The number of hydrogen-bond donors (Lipinski definition) is 2. The molecule has 0 aliphatic heterocycles. The van der Waals surface area contributed by atoms with Gasteiger partial charge in [0.05, 0.1) is 12.7 Å². The highest BCUT2D eigenvalue weighted by Crippen LogP contribution is 2.24. The number of hydrogen-bond acceptors (Lipinski definition) is 4. The van der Waals surface area contributed by atoms with Crippen molar-refractivity contribution >= 4 is 5.91 Å². The number of carbonyl (C=O) groups is 1. The molecule has 1 heterocycles. The Morgan fingerprint density at radius 1 is 1.50 bits per heavy atom. The minimum Gasteiger partial charge on any atom is -0.447 e. The second-order valence-electron chi connectivity index (χ2n) is 4.30. The van der Waals surface area contributed by atoms with E-state index >= 15 is 0 Å². The summed E-state index contributed by atoms with van der Waals surface area (Å²) in [6.45, 7) is 0.700. The molecule has 1 saturated carbocycles. The van der Waals surface area contributed by atoms with Crippen LogP contribution in [-0.4, -0.2) is 16.9 Å². The van der Waals surface area contributed by atoms with Gasteiger partial charge in [-0.25, -0.2) is 4.98 Å². The van der Waals surface area contributed by atoms with E-state index < -0.39 is 0 Å². The highest BCUT2D eigenvalue weighted by atomic mass is 16.3. The second-order valence-corrected chi connectivity index (χ2v) is 4.30. The zero-order chi connectivity index (χ0) is 11.4. The minimum atomic E-state index is -0.159. The van der Waals surface area contributed by atoms with Crippen molar-refractivity contribution in [3.63, 3.8) is 0 Å². The zero-order valence-electron chi connectivity index (χ0n) is 9.19. The molecule has 5 nitrogen and oxygen atoms in total. The van der Waals surface area contributed by atoms with Gasteiger partial charge in [-0.2, -0.15) is 0 Å². The molecule has 5 heteroatoms. The zero-order valence-corrected chi connectivity index (χ0v) is 9.19. The molecule has 1 aromatic rings. The molecular weight excluding hydrogens is 206 g/mol. The molecular formula is C11H17N3O2. The number of nitrogens with one attached hydrogen (secondary N) is 1. The summed E-state index contributed by atoms with van der Waals surface area (Å²) < 4.78 is 5.14. The van der Waals surface area contributed by atoms with Gasteiger partial charge >= 0.3 is 0 Å². The lowest BCUT2D eigenvalue weighted by Crippen LogP contribution is -2.36. The van der Waals surface area contributed by atoms with Crippen molar-refractivity contribution in [2.75, 3.05) is 0 Å². The van der Waals surface area contributed by atoms with Crippen molar-refractivity contribution in [3.05, 3.63) is 18.4 Å². The molecule has 1 amide bonds. The number of rotatable bonds is 4. The number of primary amides is 1. The monoisotopic (exact) mass is 223 g/mol. The van der Waals surface area contributed by atoms with Crippen molar-refractivity contribution < 1.29 is 9.21 Å². The number of oxazole rings is 1. The van der Waals surface area contributed by atoms with Crippen molar-refractivity contribution in [1.29, 1.82) is 0 Å². The van der Waals surface area contributed by atoms with Crippen LogP contribution < -0.4 is 11.1 Å². The Balaban J connectivity index is 1.71. The number of aromatic nitrogens is 1. The number of amides is 1. The van der Waals surface area contributed by atoms with Crippen molar-refractivity contribution in [1.82, 2.24) is 10.3 Å². The Bertz CT molecular complexity index is 329. The van der Waals surface area contributed by atoms with E-state index in [4.69, 9.17) is 10.2 Å². The van der Waals surface area contributed by atoms with Gasteiger partial charge in [-0.3, -0.25) is 4.79 Å². The summed E-state index contributed by atoms with van der Waals surface area (Å²) in [6, 6.07) is 0.459. The van der Waals surface area contributed by atoms with Crippen LogP contribution in [0.5, 0.6) is 0 Å². The van der Waals surface area contributed by atoms with E-state index in [1.807, 2.05) is 0 Å². The lowest BCUT2D eigenvalue weighted by atomic mass is 9.85. The summed E-state index contributed by atoms with van der Waals surface area (Å²) in [5.41, 5.74) is 5.28. The lowest BCUT2D eigenvalue weighted by Gasteiger charge is -2.27. The minimum absolute atomic E-state index is 0.0725.